The molecule has 2 aromatic rings. The molecule has 0 spiro atoms. The van der Waals surface area contributed by atoms with Crippen LogP contribution in [0.15, 0.2) is 54.6 Å². The Morgan fingerprint density at radius 1 is 0.950 bits per heavy atom. The minimum absolute atomic E-state index is 0.173. The Kier molecular flexibility index (Phi) is 4.39. The summed E-state index contributed by atoms with van der Waals surface area (Å²) in [6, 6.07) is 18.0. The van der Waals surface area contributed by atoms with Crippen molar-refractivity contribution in [1.82, 2.24) is 0 Å². The standard InChI is InChI=1S/C19H22O/c1-4-8-15-11-13-16(14-12-15)18(20)19(2,3)17-9-6-5-7-10-17/h5-7,9-14H,4,8H2,1-3H3. The molecule has 0 aromatic heterocycles. The van der Waals surface area contributed by atoms with Crippen molar-refractivity contribution < 1.29 is 4.79 Å². The maximum atomic E-state index is 12.7. The van der Waals surface area contributed by atoms with Crippen LogP contribution in [-0.4, -0.2) is 5.78 Å². The molecule has 0 aliphatic carbocycles. The molecule has 0 unspecified atom stereocenters. The van der Waals surface area contributed by atoms with Gasteiger partial charge in [-0.2, -0.15) is 0 Å². The van der Waals surface area contributed by atoms with Gasteiger partial charge in [-0.25, -0.2) is 0 Å². The van der Waals surface area contributed by atoms with Crippen LogP contribution in [-0.2, 0) is 11.8 Å². The largest absolute Gasteiger partial charge is 0.293 e. The van der Waals surface area contributed by atoms with Crippen LogP contribution in [0.4, 0.5) is 0 Å². The molecule has 20 heavy (non-hydrogen) atoms. The van der Waals surface area contributed by atoms with Crippen molar-refractivity contribution in [2.24, 2.45) is 0 Å². The molecule has 0 fully saturated rings. The van der Waals surface area contributed by atoms with Gasteiger partial charge in [-0.05, 0) is 31.4 Å². The van der Waals surface area contributed by atoms with E-state index in [-0.39, 0.29) is 5.78 Å². The van der Waals surface area contributed by atoms with Crippen molar-refractivity contribution in [2.75, 3.05) is 0 Å². The lowest BCUT2D eigenvalue weighted by Gasteiger charge is -2.24. The molecule has 0 saturated heterocycles. The number of ketones is 1. The fourth-order valence-corrected chi connectivity index (χ4v) is 2.46. The van der Waals surface area contributed by atoms with Crippen molar-refractivity contribution in [1.29, 1.82) is 0 Å². The van der Waals surface area contributed by atoms with Gasteiger partial charge in [0.15, 0.2) is 5.78 Å². The molecule has 0 radical (unpaired) electrons. The third-order valence-corrected chi connectivity index (χ3v) is 3.82. The summed E-state index contributed by atoms with van der Waals surface area (Å²) in [4.78, 5) is 12.7. The SMILES string of the molecule is CCCc1ccc(C(=O)C(C)(C)c2ccccc2)cc1. The van der Waals surface area contributed by atoms with E-state index in [2.05, 4.69) is 19.1 Å². The topological polar surface area (TPSA) is 17.1 Å². The zero-order valence-electron chi connectivity index (χ0n) is 12.5. The van der Waals surface area contributed by atoms with E-state index in [1.165, 1.54) is 5.56 Å². The van der Waals surface area contributed by atoms with Gasteiger partial charge in [0, 0.05) is 5.56 Å². The molecule has 0 atom stereocenters. The van der Waals surface area contributed by atoms with E-state index in [9.17, 15) is 4.79 Å². The van der Waals surface area contributed by atoms with Crippen molar-refractivity contribution in [3.63, 3.8) is 0 Å². The lowest BCUT2D eigenvalue weighted by atomic mass is 9.78. The summed E-state index contributed by atoms with van der Waals surface area (Å²) >= 11 is 0. The first-order chi connectivity index (χ1) is 9.55. The third-order valence-electron chi connectivity index (χ3n) is 3.82. The van der Waals surface area contributed by atoms with Crippen LogP contribution in [0.25, 0.3) is 0 Å². The van der Waals surface area contributed by atoms with E-state index in [4.69, 9.17) is 0 Å². The summed E-state index contributed by atoms with van der Waals surface area (Å²) < 4.78 is 0. The van der Waals surface area contributed by atoms with Gasteiger partial charge in [-0.3, -0.25) is 4.79 Å². The molecule has 1 heteroatoms. The van der Waals surface area contributed by atoms with E-state index < -0.39 is 5.41 Å². The minimum atomic E-state index is -0.493. The second-order valence-corrected chi connectivity index (χ2v) is 5.77. The van der Waals surface area contributed by atoms with Gasteiger partial charge in [0.05, 0.1) is 5.41 Å². The summed E-state index contributed by atoms with van der Waals surface area (Å²) in [6.45, 7) is 6.15. The number of hydrogen-bond acceptors (Lipinski definition) is 1. The van der Waals surface area contributed by atoms with Gasteiger partial charge in [0.2, 0.25) is 0 Å². The molecule has 0 aliphatic heterocycles. The van der Waals surface area contributed by atoms with Gasteiger partial charge in [-0.15, -0.1) is 0 Å². The molecule has 2 rings (SSSR count). The van der Waals surface area contributed by atoms with E-state index in [0.717, 1.165) is 24.0 Å². The van der Waals surface area contributed by atoms with Crippen LogP contribution in [0, 0.1) is 0 Å². The van der Waals surface area contributed by atoms with E-state index >= 15 is 0 Å². The van der Waals surface area contributed by atoms with Gasteiger partial charge in [0.1, 0.15) is 0 Å². The summed E-state index contributed by atoms with van der Waals surface area (Å²) in [5, 5.41) is 0. The first-order valence-corrected chi connectivity index (χ1v) is 7.25. The number of Topliss-reactive ketones (excluding diaryl/α,β-unsaturated/α-hetero) is 1. The highest BCUT2D eigenvalue weighted by Gasteiger charge is 2.30. The minimum Gasteiger partial charge on any atom is -0.293 e. The Bertz CT molecular complexity index is 564. The summed E-state index contributed by atoms with van der Waals surface area (Å²) in [5.74, 6) is 0.173. The molecule has 104 valence electrons. The van der Waals surface area contributed by atoms with Crippen LogP contribution in [0.3, 0.4) is 0 Å². The van der Waals surface area contributed by atoms with E-state index in [1.54, 1.807) is 0 Å². The summed E-state index contributed by atoms with van der Waals surface area (Å²) in [6.07, 6.45) is 2.19. The Balaban J connectivity index is 2.26. The van der Waals surface area contributed by atoms with Gasteiger partial charge in [-0.1, -0.05) is 67.9 Å². The number of carbonyl (C=O) groups is 1. The highest BCUT2D eigenvalue weighted by atomic mass is 16.1. The van der Waals surface area contributed by atoms with Crippen molar-refractivity contribution in [2.45, 2.75) is 39.0 Å². The van der Waals surface area contributed by atoms with Crippen molar-refractivity contribution in [3.05, 3.63) is 71.3 Å². The summed E-state index contributed by atoms with van der Waals surface area (Å²) in [5.41, 5.74) is 2.65. The molecule has 0 bridgehead atoms. The normalized spacial score (nSPS) is 11.3. The monoisotopic (exact) mass is 266 g/mol. The van der Waals surface area contributed by atoms with Gasteiger partial charge in [0.25, 0.3) is 0 Å². The smallest absolute Gasteiger partial charge is 0.172 e. The third kappa shape index (κ3) is 2.98. The second-order valence-electron chi connectivity index (χ2n) is 5.77. The highest BCUT2D eigenvalue weighted by molar-refractivity contribution is 6.03. The van der Waals surface area contributed by atoms with E-state index in [1.807, 2.05) is 56.3 Å². The Hall–Kier alpha value is -1.89. The molecule has 0 amide bonds. The molecule has 0 N–H and O–H groups in total. The van der Waals surface area contributed by atoms with Crippen molar-refractivity contribution in [3.8, 4) is 0 Å². The molecular formula is C19H22O. The van der Waals surface area contributed by atoms with E-state index in [0.29, 0.717) is 0 Å². The van der Waals surface area contributed by atoms with Crippen LogP contribution in [0.5, 0.6) is 0 Å². The first kappa shape index (κ1) is 14.5. The van der Waals surface area contributed by atoms with Crippen LogP contribution in [0.1, 0.15) is 48.7 Å². The number of hydrogen-bond donors (Lipinski definition) is 0. The number of aryl methyl sites for hydroxylation is 1. The second kappa shape index (κ2) is 6.04. The lowest BCUT2D eigenvalue weighted by molar-refractivity contribution is 0.0909. The Labute approximate surface area is 121 Å². The molecule has 1 nitrogen and oxygen atoms in total. The fraction of sp³-hybridized carbons (Fsp3) is 0.316. The predicted molar refractivity (Wildman–Crippen MR) is 84.2 cm³/mol. The maximum absolute atomic E-state index is 12.7. The zero-order valence-corrected chi connectivity index (χ0v) is 12.5. The van der Waals surface area contributed by atoms with Crippen LogP contribution < -0.4 is 0 Å². The number of carbonyl (C=O) groups excluding carboxylic acids is 1. The molecule has 0 heterocycles. The van der Waals surface area contributed by atoms with Crippen LogP contribution in [0.2, 0.25) is 0 Å². The zero-order chi connectivity index (χ0) is 14.6. The lowest BCUT2D eigenvalue weighted by Crippen LogP contribution is -2.29. The molecule has 0 aliphatic rings. The van der Waals surface area contributed by atoms with Gasteiger partial charge < -0.3 is 0 Å². The Morgan fingerprint density at radius 3 is 2.10 bits per heavy atom. The highest BCUT2D eigenvalue weighted by Crippen LogP contribution is 2.27. The van der Waals surface area contributed by atoms with Gasteiger partial charge >= 0.3 is 0 Å². The fourth-order valence-electron chi connectivity index (χ4n) is 2.46. The molecule has 0 saturated carbocycles. The van der Waals surface area contributed by atoms with Crippen molar-refractivity contribution >= 4 is 5.78 Å². The Morgan fingerprint density at radius 2 is 1.55 bits per heavy atom. The predicted octanol–water partition coefficient (Wildman–Crippen LogP) is 4.80. The maximum Gasteiger partial charge on any atom is 0.172 e. The quantitative estimate of drug-likeness (QED) is 0.710. The summed E-state index contributed by atoms with van der Waals surface area (Å²) in [7, 11) is 0. The molecular weight excluding hydrogens is 244 g/mol. The number of benzene rings is 2. The number of rotatable bonds is 5. The van der Waals surface area contributed by atoms with Crippen LogP contribution >= 0.6 is 0 Å². The molecule has 2 aromatic carbocycles. The first-order valence-electron chi connectivity index (χ1n) is 7.25. The average Bonchev–Trinajstić information content (AvgIpc) is 2.48. The average molecular weight is 266 g/mol.